The summed E-state index contributed by atoms with van der Waals surface area (Å²) in [5.41, 5.74) is -0.292. The number of halogens is 1. The van der Waals surface area contributed by atoms with Crippen molar-refractivity contribution in [1.29, 1.82) is 0 Å². The summed E-state index contributed by atoms with van der Waals surface area (Å²) in [7, 11) is 1.64. The predicted octanol–water partition coefficient (Wildman–Crippen LogP) is 2.21. The van der Waals surface area contributed by atoms with E-state index in [1.54, 1.807) is 18.0 Å². The minimum Gasteiger partial charge on any atom is -0.383 e. The Hall–Kier alpha value is -0.620. The molecule has 1 fully saturated rings. The first-order chi connectivity index (χ1) is 9.48. The van der Waals surface area contributed by atoms with Crippen LogP contribution in [0.1, 0.15) is 32.4 Å². The SMILES string of the molecule is COCCn1ncc(Cl)c1C1(O)CCOC(C(C)C)C1. The van der Waals surface area contributed by atoms with E-state index in [1.807, 2.05) is 0 Å². The smallest absolute Gasteiger partial charge is 0.112 e. The fourth-order valence-corrected chi connectivity index (χ4v) is 3.01. The number of aliphatic hydroxyl groups is 1. The third kappa shape index (κ3) is 3.17. The molecule has 0 spiro atoms. The lowest BCUT2D eigenvalue weighted by Crippen LogP contribution is -2.42. The highest BCUT2D eigenvalue weighted by Crippen LogP contribution is 2.39. The van der Waals surface area contributed by atoms with E-state index in [4.69, 9.17) is 21.1 Å². The summed E-state index contributed by atoms with van der Waals surface area (Å²) in [5, 5.41) is 15.8. The van der Waals surface area contributed by atoms with Crippen LogP contribution in [0.3, 0.4) is 0 Å². The molecule has 6 heteroatoms. The van der Waals surface area contributed by atoms with Gasteiger partial charge in [-0.25, -0.2) is 0 Å². The maximum absolute atomic E-state index is 11.0. The van der Waals surface area contributed by atoms with E-state index in [-0.39, 0.29) is 6.10 Å². The molecule has 114 valence electrons. The number of rotatable bonds is 5. The van der Waals surface area contributed by atoms with Crippen molar-refractivity contribution in [3.05, 3.63) is 16.9 Å². The van der Waals surface area contributed by atoms with Crippen molar-refractivity contribution < 1.29 is 14.6 Å². The molecule has 1 N–H and O–H groups in total. The maximum Gasteiger partial charge on any atom is 0.112 e. The van der Waals surface area contributed by atoms with Gasteiger partial charge in [-0.3, -0.25) is 4.68 Å². The van der Waals surface area contributed by atoms with Crippen molar-refractivity contribution in [2.24, 2.45) is 5.92 Å². The Balaban J connectivity index is 2.26. The lowest BCUT2D eigenvalue weighted by molar-refractivity contribution is -0.125. The Morgan fingerprint density at radius 1 is 1.65 bits per heavy atom. The lowest BCUT2D eigenvalue weighted by atomic mass is 9.84. The van der Waals surface area contributed by atoms with E-state index in [1.165, 1.54) is 0 Å². The van der Waals surface area contributed by atoms with E-state index in [9.17, 15) is 5.11 Å². The minimum absolute atomic E-state index is 0.0376. The van der Waals surface area contributed by atoms with Gasteiger partial charge in [0.05, 0.1) is 42.8 Å². The van der Waals surface area contributed by atoms with Crippen LogP contribution in [0.5, 0.6) is 0 Å². The van der Waals surface area contributed by atoms with Crippen LogP contribution in [0, 0.1) is 5.92 Å². The van der Waals surface area contributed by atoms with Crippen molar-refractivity contribution in [2.45, 2.75) is 44.9 Å². The van der Waals surface area contributed by atoms with Gasteiger partial charge in [-0.1, -0.05) is 25.4 Å². The molecular formula is C14H23ClN2O3. The highest BCUT2D eigenvalue weighted by Gasteiger charge is 2.41. The zero-order valence-corrected chi connectivity index (χ0v) is 13.1. The third-order valence-electron chi connectivity index (χ3n) is 3.87. The fraction of sp³-hybridized carbons (Fsp3) is 0.786. The highest BCUT2D eigenvalue weighted by atomic mass is 35.5. The van der Waals surface area contributed by atoms with Crippen LogP contribution in [0.25, 0.3) is 0 Å². The number of aromatic nitrogens is 2. The van der Waals surface area contributed by atoms with E-state index in [2.05, 4.69) is 18.9 Å². The van der Waals surface area contributed by atoms with Gasteiger partial charge in [-0.2, -0.15) is 5.10 Å². The molecule has 0 aromatic carbocycles. The molecule has 2 unspecified atom stereocenters. The molecule has 1 saturated heterocycles. The average Bonchev–Trinajstić information content (AvgIpc) is 2.78. The molecular weight excluding hydrogens is 280 g/mol. The number of nitrogens with zero attached hydrogens (tertiary/aromatic N) is 2. The van der Waals surface area contributed by atoms with Crippen molar-refractivity contribution in [2.75, 3.05) is 20.3 Å². The van der Waals surface area contributed by atoms with E-state index < -0.39 is 5.60 Å². The molecule has 1 aliphatic rings. The molecule has 1 aliphatic heterocycles. The topological polar surface area (TPSA) is 56.5 Å². The number of ether oxygens (including phenoxy) is 2. The number of methoxy groups -OCH3 is 1. The minimum atomic E-state index is -0.978. The monoisotopic (exact) mass is 302 g/mol. The van der Waals surface area contributed by atoms with Gasteiger partial charge >= 0.3 is 0 Å². The Morgan fingerprint density at radius 3 is 3.05 bits per heavy atom. The van der Waals surface area contributed by atoms with Crippen molar-refractivity contribution in [3.8, 4) is 0 Å². The van der Waals surface area contributed by atoms with Crippen molar-refractivity contribution >= 4 is 11.6 Å². The van der Waals surface area contributed by atoms with Crippen LogP contribution in [-0.4, -0.2) is 41.3 Å². The number of hydrogen-bond donors (Lipinski definition) is 1. The molecule has 0 bridgehead atoms. The maximum atomic E-state index is 11.0. The van der Waals surface area contributed by atoms with Crippen molar-refractivity contribution in [3.63, 3.8) is 0 Å². The Kier molecular flexibility index (Phi) is 5.07. The summed E-state index contributed by atoms with van der Waals surface area (Å²) in [4.78, 5) is 0. The molecule has 0 saturated carbocycles. The van der Waals surface area contributed by atoms with Gasteiger partial charge in [0.15, 0.2) is 0 Å². The quantitative estimate of drug-likeness (QED) is 0.906. The van der Waals surface area contributed by atoms with E-state index in [0.29, 0.717) is 49.2 Å². The number of hydrogen-bond acceptors (Lipinski definition) is 4. The van der Waals surface area contributed by atoms with Gasteiger partial charge in [0.1, 0.15) is 5.60 Å². The standard InChI is InChI=1S/C14H23ClN2O3/c1-10(2)12-8-14(18,4-6-20-12)13-11(15)9-16-17(13)5-7-19-3/h9-10,12,18H,4-8H2,1-3H3. The highest BCUT2D eigenvalue weighted by molar-refractivity contribution is 6.31. The van der Waals surface area contributed by atoms with Gasteiger partial charge in [0, 0.05) is 20.0 Å². The summed E-state index contributed by atoms with van der Waals surface area (Å²) in [5.74, 6) is 0.357. The zero-order chi connectivity index (χ0) is 14.8. The molecule has 0 radical (unpaired) electrons. The largest absolute Gasteiger partial charge is 0.383 e. The van der Waals surface area contributed by atoms with Crippen LogP contribution >= 0.6 is 11.6 Å². The van der Waals surface area contributed by atoms with Gasteiger partial charge in [0.2, 0.25) is 0 Å². The van der Waals surface area contributed by atoms with Crippen LogP contribution in [0.2, 0.25) is 5.02 Å². The first-order valence-electron chi connectivity index (χ1n) is 7.02. The fourth-order valence-electron chi connectivity index (χ4n) is 2.69. The van der Waals surface area contributed by atoms with Gasteiger partial charge in [-0.05, 0) is 5.92 Å². The molecule has 2 rings (SSSR count). The first kappa shape index (κ1) is 15.8. The molecule has 0 aliphatic carbocycles. The summed E-state index contributed by atoms with van der Waals surface area (Å²) in [6, 6.07) is 0. The second-order valence-corrected chi connectivity index (χ2v) is 6.10. The van der Waals surface area contributed by atoms with Gasteiger partial charge in [0.25, 0.3) is 0 Å². The van der Waals surface area contributed by atoms with Crippen LogP contribution < -0.4 is 0 Å². The normalized spacial score (nSPS) is 27.2. The third-order valence-corrected chi connectivity index (χ3v) is 4.15. The predicted molar refractivity (Wildman–Crippen MR) is 76.8 cm³/mol. The zero-order valence-electron chi connectivity index (χ0n) is 12.3. The molecule has 1 aromatic rings. The Bertz CT molecular complexity index is 450. The van der Waals surface area contributed by atoms with Crippen molar-refractivity contribution in [1.82, 2.24) is 9.78 Å². The van der Waals surface area contributed by atoms with E-state index >= 15 is 0 Å². The van der Waals surface area contributed by atoms with Gasteiger partial charge in [-0.15, -0.1) is 0 Å². The molecule has 2 atom stereocenters. The lowest BCUT2D eigenvalue weighted by Gasteiger charge is -2.39. The van der Waals surface area contributed by atoms with Crippen LogP contribution in [0.15, 0.2) is 6.20 Å². The Labute approximate surface area is 124 Å². The second-order valence-electron chi connectivity index (χ2n) is 5.70. The van der Waals surface area contributed by atoms with Gasteiger partial charge < -0.3 is 14.6 Å². The summed E-state index contributed by atoms with van der Waals surface area (Å²) in [6.45, 7) is 5.84. The molecule has 20 heavy (non-hydrogen) atoms. The molecule has 5 nitrogen and oxygen atoms in total. The molecule has 0 amide bonds. The second kappa shape index (κ2) is 6.43. The van der Waals surface area contributed by atoms with Crippen LogP contribution in [0.4, 0.5) is 0 Å². The molecule has 2 heterocycles. The summed E-state index contributed by atoms with van der Waals surface area (Å²) in [6.07, 6.45) is 2.71. The first-order valence-corrected chi connectivity index (χ1v) is 7.40. The van der Waals surface area contributed by atoms with E-state index in [0.717, 1.165) is 0 Å². The van der Waals surface area contributed by atoms with Crippen LogP contribution in [-0.2, 0) is 21.6 Å². The summed E-state index contributed by atoms with van der Waals surface area (Å²) < 4.78 is 12.6. The summed E-state index contributed by atoms with van der Waals surface area (Å²) >= 11 is 6.25. The Morgan fingerprint density at radius 2 is 2.40 bits per heavy atom. The molecule has 1 aromatic heterocycles. The average molecular weight is 303 g/mol.